The Morgan fingerprint density at radius 3 is 2.67 bits per heavy atom. The van der Waals surface area contributed by atoms with Gasteiger partial charge in [-0.1, -0.05) is 0 Å². The van der Waals surface area contributed by atoms with E-state index in [-0.39, 0.29) is 36.3 Å². The van der Waals surface area contributed by atoms with Crippen molar-refractivity contribution in [3.63, 3.8) is 0 Å². The fraction of sp³-hybridized carbons (Fsp3) is 0.588. The quantitative estimate of drug-likeness (QED) is 0.848. The van der Waals surface area contributed by atoms with E-state index in [1.807, 2.05) is 0 Å². The van der Waals surface area contributed by atoms with Crippen LogP contribution in [0.3, 0.4) is 0 Å². The summed E-state index contributed by atoms with van der Waals surface area (Å²) in [4.78, 5) is 12.1. The molecule has 1 saturated heterocycles. The third kappa shape index (κ3) is 4.59. The first-order valence-electron chi connectivity index (χ1n) is 8.28. The van der Waals surface area contributed by atoms with E-state index in [2.05, 4.69) is 5.32 Å². The van der Waals surface area contributed by atoms with Gasteiger partial charge >= 0.3 is 0 Å². The minimum absolute atomic E-state index is 0. The zero-order valence-corrected chi connectivity index (χ0v) is 14.3. The summed E-state index contributed by atoms with van der Waals surface area (Å²) >= 11 is 0. The molecular weight excluding hydrogens is 335 g/mol. The Bertz CT molecular complexity index is 567. The summed E-state index contributed by atoms with van der Waals surface area (Å²) in [6.45, 7) is 0.408. The van der Waals surface area contributed by atoms with Crippen LogP contribution in [0.5, 0.6) is 5.75 Å². The van der Waals surface area contributed by atoms with E-state index in [0.717, 1.165) is 32.1 Å². The van der Waals surface area contributed by atoms with Gasteiger partial charge < -0.3 is 20.5 Å². The maximum Gasteiger partial charge on any atom is 0.253 e. The molecule has 134 valence electrons. The Morgan fingerprint density at radius 1 is 1.29 bits per heavy atom. The molecule has 1 saturated carbocycles. The summed E-state index contributed by atoms with van der Waals surface area (Å²) in [6.07, 6.45) is 5.14. The summed E-state index contributed by atoms with van der Waals surface area (Å²) in [7, 11) is 0. The standard InChI is InChI=1S/C17H23FN2O3.ClH/c18-14-9-11(5-7-15(14)22-12-3-1-2-4-12)20-17(21)16-8-6-13(10-19)23-16;/h5,7,9,12-13,16H,1-4,6,8,10,19H2,(H,20,21);1H/t13-,16+;/m1./s1. The molecule has 0 aromatic heterocycles. The van der Waals surface area contributed by atoms with Gasteiger partial charge in [0, 0.05) is 18.3 Å². The van der Waals surface area contributed by atoms with E-state index < -0.39 is 11.9 Å². The second-order valence-electron chi connectivity index (χ2n) is 6.22. The maximum absolute atomic E-state index is 14.1. The van der Waals surface area contributed by atoms with Gasteiger partial charge in [-0.05, 0) is 50.7 Å². The lowest BCUT2D eigenvalue weighted by Gasteiger charge is -2.15. The molecule has 1 aliphatic heterocycles. The minimum Gasteiger partial charge on any atom is -0.487 e. The number of rotatable bonds is 5. The van der Waals surface area contributed by atoms with E-state index in [4.69, 9.17) is 15.2 Å². The molecule has 3 rings (SSSR count). The number of ether oxygens (including phenoxy) is 2. The highest BCUT2D eigenvalue weighted by atomic mass is 35.5. The normalized spacial score (nSPS) is 23.8. The van der Waals surface area contributed by atoms with E-state index in [1.165, 1.54) is 6.07 Å². The monoisotopic (exact) mass is 358 g/mol. The molecular formula is C17H24ClFN2O3. The molecule has 1 heterocycles. The average Bonchev–Trinajstić information content (AvgIpc) is 3.21. The van der Waals surface area contributed by atoms with Crippen molar-refractivity contribution in [2.45, 2.75) is 56.8 Å². The van der Waals surface area contributed by atoms with Crippen LogP contribution in [0.2, 0.25) is 0 Å². The van der Waals surface area contributed by atoms with Gasteiger partial charge in [-0.3, -0.25) is 4.79 Å². The Hall–Kier alpha value is -1.37. The highest BCUT2D eigenvalue weighted by Gasteiger charge is 2.30. The maximum atomic E-state index is 14.1. The SMILES string of the molecule is Cl.NC[C@H]1CC[C@@H](C(=O)Nc2ccc(OC3CCCC3)c(F)c2)O1. The van der Waals surface area contributed by atoms with Gasteiger partial charge in [0.2, 0.25) is 0 Å². The van der Waals surface area contributed by atoms with Gasteiger partial charge in [-0.25, -0.2) is 4.39 Å². The predicted molar refractivity (Wildman–Crippen MR) is 92.1 cm³/mol. The van der Waals surface area contributed by atoms with Gasteiger partial charge in [0.05, 0.1) is 12.2 Å². The molecule has 0 spiro atoms. The zero-order valence-electron chi connectivity index (χ0n) is 13.5. The number of nitrogens with one attached hydrogen (secondary N) is 1. The van der Waals surface area contributed by atoms with E-state index in [1.54, 1.807) is 12.1 Å². The molecule has 24 heavy (non-hydrogen) atoms. The molecule has 1 aromatic carbocycles. The van der Waals surface area contributed by atoms with Gasteiger partial charge in [0.1, 0.15) is 6.10 Å². The molecule has 1 aliphatic carbocycles. The Balaban J connectivity index is 0.00000208. The van der Waals surface area contributed by atoms with Crippen molar-refractivity contribution in [1.29, 1.82) is 0 Å². The summed E-state index contributed by atoms with van der Waals surface area (Å²) in [5.41, 5.74) is 5.94. The highest BCUT2D eigenvalue weighted by molar-refractivity contribution is 5.94. The molecule has 0 unspecified atom stereocenters. The molecule has 1 aromatic rings. The lowest BCUT2D eigenvalue weighted by atomic mass is 10.2. The number of hydrogen-bond donors (Lipinski definition) is 2. The zero-order chi connectivity index (χ0) is 16.2. The largest absolute Gasteiger partial charge is 0.487 e. The van der Waals surface area contributed by atoms with Crippen molar-refractivity contribution in [3.05, 3.63) is 24.0 Å². The number of carbonyl (C=O) groups excluding carboxylic acids is 1. The Kier molecular flexibility index (Phi) is 6.83. The van der Waals surface area contributed by atoms with E-state index >= 15 is 0 Å². The Labute approximate surface area is 147 Å². The van der Waals surface area contributed by atoms with E-state index in [0.29, 0.717) is 18.7 Å². The molecule has 7 heteroatoms. The fourth-order valence-corrected chi connectivity index (χ4v) is 3.15. The van der Waals surface area contributed by atoms with Crippen LogP contribution in [0.1, 0.15) is 38.5 Å². The summed E-state index contributed by atoms with van der Waals surface area (Å²) in [5.74, 6) is -0.470. The number of anilines is 1. The molecule has 3 N–H and O–H groups in total. The van der Waals surface area contributed by atoms with Crippen LogP contribution >= 0.6 is 12.4 Å². The lowest BCUT2D eigenvalue weighted by molar-refractivity contribution is -0.126. The van der Waals surface area contributed by atoms with Crippen molar-refractivity contribution < 1.29 is 18.7 Å². The molecule has 2 aliphatic rings. The number of carbonyl (C=O) groups is 1. The van der Waals surface area contributed by atoms with Crippen molar-refractivity contribution in [2.75, 3.05) is 11.9 Å². The van der Waals surface area contributed by atoms with Gasteiger partial charge in [-0.15, -0.1) is 12.4 Å². The van der Waals surface area contributed by atoms with Crippen LogP contribution in [0.25, 0.3) is 0 Å². The van der Waals surface area contributed by atoms with Crippen LogP contribution in [-0.4, -0.2) is 30.8 Å². The van der Waals surface area contributed by atoms with Gasteiger partial charge in [0.15, 0.2) is 11.6 Å². The van der Waals surface area contributed by atoms with Gasteiger partial charge in [-0.2, -0.15) is 0 Å². The summed E-state index contributed by atoms with van der Waals surface area (Å²) in [6, 6.07) is 4.51. The van der Waals surface area contributed by atoms with Crippen molar-refractivity contribution in [3.8, 4) is 5.75 Å². The first kappa shape index (κ1) is 19.0. The number of hydrogen-bond acceptors (Lipinski definition) is 4. The number of nitrogens with two attached hydrogens (primary N) is 1. The Morgan fingerprint density at radius 2 is 2.04 bits per heavy atom. The summed E-state index contributed by atoms with van der Waals surface area (Å²) in [5, 5.41) is 2.69. The van der Waals surface area contributed by atoms with Crippen LogP contribution in [0.4, 0.5) is 10.1 Å². The smallest absolute Gasteiger partial charge is 0.253 e. The molecule has 2 atom stereocenters. The van der Waals surface area contributed by atoms with Crippen molar-refractivity contribution in [1.82, 2.24) is 0 Å². The molecule has 5 nitrogen and oxygen atoms in total. The van der Waals surface area contributed by atoms with Crippen LogP contribution in [-0.2, 0) is 9.53 Å². The van der Waals surface area contributed by atoms with Crippen LogP contribution < -0.4 is 15.8 Å². The molecule has 2 fully saturated rings. The van der Waals surface area contributed by atoms with Gasteiger partial charge in [0.25, 0.3) is 5.91 Å². The third-order valence-electron chi connectivity index (χ3n) is 4.46. The fourth-order valence-electron chi connectivity index (χ4n) is 3.15. The van der Waals surface area contributed by atoms with Crippen LogP contribution in [0.15, 0.2) is 18.2 Å². The second-order valence-corrected chi connectivity index (χ2v) is 6.22. The molecule has 1 amide bonds. The number of benzene rings is 1. The predicted octanol–water partition coefficient (Wildman–Crippen LogP) is 3.01. The van der Waals surface area contributed by atoms with Crippen molar-refractivity contribution in [2.24, 2.45) is 5.73 Å². The third-order valence-corrected chi connectivity index (χ3v) is 4.46. The lowest BCUT2D eigenvalue weighted by Crippen LogP contribution is -2.29. The molecule has 0 bridgehead atoms. The van der Waals surface area contributed by atoms with Crippen LogP contribution in [0, 0.1) is 5.82 Å². The average molecular weight is 359 g/mol. The first-order chi connectivity index (χ1) is 11.2. The minimum atomic E-state index is -0.513. The molecule has 0 radical (unpaired) electrons. The van der Waals surface area contributed by atoms with E-state index in [9.17, 15) is 9.18 Å². The first-order valence-corrected chi connectivity index (χ1v) is 8.28. The summed E-state index contributed by atoms with van der Waals surface area (Å²) < 4.78 is 25.3. The topological polar surface area (TPSA) is 73.6 Å². The van der Waals surface area contributed by atoms with Crippen molar-refractivity contribution >= 4 is 24.0 Å². The highest BCUT2D eigenvalue weighted by Crippen LogP contribution is 2.28. The second kappa shape index (κ2) is 8.65. The number of halogens is 2. The number of amides is 1.